The van der Waals surface area contributed by atoms with Gasteiger partial charge >= 0.3 is 0 Å². The lowest BCUT2D eigenvalue weighted by atomic mass is 10.1. The van der Waals surface area contributed by atoms with Crippen molar-refractivity contribution < 1.29 is 5.11 Å². The third-order valence-electron chi connectivity index (χ3n) is 2.69. The highest BCUT2D eigenvalue weighted by molar-refractivity contribution is 9.10. The van der Waals surface area contributed by atoms with Gasteiger partial charge in [0.15, 0.2) is 0 Å². The van der Waals surface area contributed by atoms with Gasteiger partial charge in [0.05, 0.1) is 6.04 Å². The molecule has 0 saturated heterocycles. The number of halogens is 2. The number of rotatable bonds is 3. The van der Waals surface area contributed by atoms with Gasteiger partial charge in [-0.1, -0.05) is 33.6 Å². The molecule has 2 aromatic carbocycles. The van der Waals surface area contributed by atoms with Gasteiger partial charge in [-0.25, -0.2) is 0 Å². The fraction of sp³-hybridized carbons (Fsp3) is 0.143. The lowest BCUT2D eigenvalue weighted by molar-refractivity contribution is 0.465. The molecular formula is C14H13BrClNO. The standard InChI is InChI=1S/C14H13BrClNO/c1-9(13-7-4-11(16)8-14(13)18)17-12-5-2-10(15)3-6-12/h2-9,17-18H,1H3/t9-/m1/s1. The maximum atomic E-state index is 9.85. The second-order valence-corrected chi connectivity index (χ2v) is 5.43. The molecule has 2 rings (SSSR count). The number of phenolic OH excluding ortho intramolecular Hbond substituents is 1. The van der Waals surface area contributed by atoms with Crippen LogP contribution in [0.3, 0.4) is 0 Å². The van der Waals surface area contributed by atoms with Gasteiger partial charge in [0, 0.05) is 20.7 Å². The van der Waals surface area contributed by atoms with E-state index in [-0.39, 0.29) is 11.8 Å². The Balaban J connectivity index is 2.16. The van der Waals surface area contributed by atoms with E-state index < -0.39 is 0 Å². The lowest BCUT2D eigenvalue weighted by Crippen LogP contribution is -2.06. The Morgan fingerprint density at radius 1 is 1.17 bits per heavy atom. The summed E-state index contributed by atoms with van der Waals surface area (Å²) in [5.41, 5.74) is 1.82. The van der Waals surface area contributed by atoms with Crippen molar-refractivity contribution in [3.63, 3.8) is 0 Å². The molecule has 0 aliphatic heterocycles. The number of benzene rings is 2. The lowest BCUT2D eigenvalue weighted by Gasteiger charge is -2.17. The molecule has 2 nitrogen and oxygen atoms in total. The summed E-state index contributed by atoms with van der Waals surface area (Å²) in [4.78, 5) is 0. The number of hydrogen-bond acceptors (Lipinski definition) is 2. The summed E-state index contributed by atoms with van der Waals surface area (Å²) in [5.74, 6) is 0.208. The van der Waals surface area contributed by atoms with Crippen LogP contribution in [0.5, 0.6) is 5.75 Å². The summed E-state index contributed by atoms with van der Waals surface area (Å²) >= 11 is 9.21. The number of hydrogen-bond donors (Lipinski definition) is 2. The number of phenols is 1. The molecule has 1 atom stereocenters. The third kappa shape index (κ3) is 3.18. The molecule has 0 saturated carbocycles. The van der Waals surface area contributed by atoms with E-state index >= 15 is 0 Å². The molecule has 0 fully saturated rings. The summed E-state index contributed by atoms with van der Waals surface area (Å²) in [6.45, 7) is 1.99. The van der Waals surface area contributed by atoms with E-state index in [1.807, 2.05) is 37.3 Å². The number of anilines is 1. The van der Waals surface area contributed by atoms with Crippen LogP contribution in [-0.4, -0.2) is 5.11 Å². The van der Waals surface area contributed by atoms with Gasteiger partial charge in [-0.2, -0.15) is 0 Å². The van der Waals surface area contributed by atoms with Gasteiger partial charge in [0.1, 0.15) is 5.75 Å². The zero-order valence-corrected chi connectivity index (χ0v) is 12.2. The molecule has 0 aliphatic carbocycles. The van der Waals surface area contributed by atoms with Crippen LogP contribution < -0.4 is 5.32 Å². The summed E-state index contributed by atoms with van der Waals surface area (Å²) in [7, 11) is 0. The second kappa shape index (κ2) is 5.63. The molecular weight excluding hydrogens is 314 g/mol. The van der Waals surface area contributed by atoms with Crippen molar-refractivity contribution in [2.24, 2.45) is 0 Å². The van der Waals surface area contributed by atoms with Crippen molar-refractivity contribution in [3.8, 4) is 5.75 Å². The molecule has 2 N–H and O–H groups in total. The molecule has 0 aromatic heterocycles. The summed E-state index contributed by atoms with van der Waals surface area (Å²) in [6, 6.07) is 13.1. The van der Waals surface area contributed by atoms with E-state index in [2.05, 4.69) is 21.2 Å². The summed E-state index contributed by atoms with van der Waals surface area (Å²) in [6.07, 6.45) is 0. The van der Waals surface area contributed by atoms with E-state index in [0.717, 1.165) is 15.7 Å². The van der Waals surface area contributed by atoms with Gasteiger partial charge in [-0.05, 0) is 43.3 Å². The molecule has 94 valence electrons. The molecule has 0 unspecified atom stereocenters. The fourth-order valence-corrected chi connectivity index (χ4v) is 2.19. The minimum absolute atomic E-state index is 0.00319. The van der Waals surface area contributed by atoms with Crippen LogP contribution in [0.1, 0.15) is 18.5 Å². The van der Waals surface area contributed by atoms with Crippen LogP contribution >= 0.6 is 27.5 Å². The zero-order valence-electron chi connectivity index (χ0n) is 9.82. The van der Waals surface area contributed by atoms with Crippen LogP contribution in [0.15, 0.2) is 46.9 Å². The first-order valence-electron chi connectivity index (χ1n) is 5.57. The van der Waals surface area contributed by atoms with Crippen molar-refractivity contribution in [2.45, 2.75) is 13.0 Å². The maximum Gasteiger partial charge on any atom is 0.122 e. The van der Waals surface area contributed by atoms with E-state index in [9.17, 15) is 5.11 Å². The third-order valence-corrected chi connectivity index (χ3v) is 3.45. The molecule has 4 heteroatoms. The average Bonchev–Trinajstić information content (AvgIpc) is 2.32. The minimum Gasteiger partial charge on any atom is -0.508 e. The predicted octanol–water partition coefficient (Wildman–Crippen LogP) is 4.98. The smallest absolute Gasteiger partial charge is 0.122 e. The molecule has 0 bridgehead atoms. The fourth-order valence-electron chi connectivity index (χ4n) is 1.76. The van der Waals surface area contributed by atoms with Crippen molar-refractivity contribution in [3.05, 3.63) is 57.5 Å². The van der Waals surface area contributed by atoms with Crippen molar-refractivity contribution in [2.75, 3.05) is 5.32 Å². The summed E-state index contributed by atoms with van der Waals surface area (Å²) < 4.78 is 1.04. The largest absolute Gasteiger partial charge is 0.508 e. The Hall–Kier alpha value is -1.19. The molecule has 0 heterocycles. The Kier molecular flexibility index (Phi) is 4.15. The van der Waals surface area contributed by atoms with Gasteiger partial charge in [0.25, 0.3) is 0 Å². The molecule has 0 spiro atoms. The van der Waals surface area contributed by atoms with Crippen LogP contribution in [-0.2, 0) is 0 Å². The van der Waals surface area contributed by atoms with E-state index in [1.165, 1.54) is 0 Å². The second-order valence-electron chi connectivity index (χ2n) is 4.08. The zero-order chi connectivity index (χ0) is 13.1. The Morgan fingerprint density at radius 3 is 2.44 bits per heavy atom. The normalized spacial score (nSPS) is 12.2. The SMILES string of the molecule is C[C@@H](Nc1ccc(Br)cc1)c1ccc(Cl)cc1O. The minimum atomic E-state index is 0.00319. The van der Waals surface area contributed by atoms with E-state index in [1.54, 1.807) is 12.1 Å². The first-order valence-corrected chi connectivity index (χ1v) is 6.74. The Bertz CT molecular complexity index is 542. The highest BCUT2D eigenvalue weighted by Crippen LogP contribution is 2.29. The van der Waals surface area contributed by atoms with Gasteiger partial charge in [-0.15, -0.1) is 0 Å². The first-order chi connectivity index (χ1) is 8.56. The first kappa shape index (κ1) is 13.2. The highest BCUT2D eigenvalue weighted by atomic mass is 79.9. The highest BCUT2D eigenvalue weighted by Gasteiger charge is 2.10. The predicted molar refractivity (Wildman–Crippen MR) is 79.3 cm³/mol. The van der Waals surface area contributed by atoms with Crippen molar-refractivity contribution in [1.82, 2.24) is 0 Å². The quantitative estimate of drug-likeness (QED) is 0.833. The Morgan fingerprint density at radius 2 is 1.83 bits per heavy atom. The van der Waals surface area contributed by atoms with Gasteiger partial charge in [-0.3, -0.25) is 0 Å². The van der Waals surface area contributed by atoms with Gasteiger partial charge < -0.3 is 10.4 Å². The van der Waals surface area contributed by atoms with Crippen molar-refractivity contribution >= 4 is 33.2 Å². The van der Waals surface area contributed by atoms with Crippen LogP contribution in [0.25, 0.3) is 0 Å². The van der Waals surface area contributed by atoms with E-state index in [4.69, 9.17) is 11.6 Å². The average molecular weight is 327 g/mol. The topological polar surface area (TPSA) is 32.3 Å². The molecule has 0 radical (unpaired) electrons. The molecule has 18 heavy (non-hydrogen) atoms. The monoisotopic (exact) mass is 325 g/mol. The maximum absolute atomic E-state index is 9.85. The van der Waals surface area contributed by atoms with Crippen LogP contribution in [0, 0.1) is 0 Å². The van der Waals surface area contributed by atoms with Crippen LogP contribution in [0.2, 0.25) is 5.02 Å². The van der Waals surface area contributed by atoms with Crippen molar-refractivity contribution in [1.29, 1.82) is 0 Å². The van der Waals surface area contributed by atoms with Crippen LogP contribution in [0.4, 0.5) is 5.69 Å². The van der Waals surface area contributed by atoms with E-state index in [0.29, 0.717) is 5.02 Å². The number of nitrogens with one attached hydrogen (secondary N) is 1. The number of aromatic hydroxyl groups is 1. The molecule has 0 amide bonds. The van der Waals surface area contributed by atoms with Gasteiger partial charge in [0.2, 0.25) is 0 Å². The Labute approximate surface area is 120 Å². The summed E-state index contributed by atoms with van der Waals surface area (Å²) in [5, 5.41) is 13.7. The molecule has 0 aliphatic rings. The molecule has 2 aromatic rings.